The number of hydrogen-bond donors (Lipinski definition) is 1. The zero-order chi connectivity index (χ0) is 12.8. The topological polar surface area (TPSA) is 28.2 Å². The number of pyridine rings is 1. The molecule has 0 bridgehead atoms. The Morgan fingerprint density at radius 3 is 2.94 bits per heavy atom. The molecule has 2 rings (SSSR count). The van der Waals surface area contributed by atoms with Crippen molar-refractivity contribution >= 4 is 11.8 Å². The van der Waals surface area contributed by atoms with Crippen molar-refractivity contribution in [3.63, 3.8) is 0 Å². The fraction of sp³-hybridized carbons (Fsp3) is 0.643. The lowest BCUT2D eigenvalue weighted by molar-refractivity contribution is 0.215. The third-order valence-electron chi connectivity index (χ3n) is 3.58. The van der Waals surface area contributed by atoms with Gasteiger partial charge in [-0.25, -0.2) is 0 Å². The summed E-state index contributed by atoms with van der Waals surface area (Å²) in [7, 11) is 2.25. The molecule has 0 saturated carbocycles. The SMILES string of the molecule is CCNC(Cc1ccncc1)C1CSCCN1C. The highest BCUT2D eigenvalue weighted by atomic mass is 32.2. The van der Waals surface area contributed by atoms with E-state index in [1.54, 1.807) is 0 Å². The molecule has 2 heterocycles. The summed E-state index contributed by atoms with van der Waals surface area (Å²) in [5.41, 5.74) is 1.37. The summed E-state index contributed by atoms with van der Waals surface area (Å²) in [6.07, 6.45) is 4.86. The number of hydrogen-bond acceptors (Lipinski definition) is 4. The van der Waals surface area contributed by atoms with Crippen LogP contribution in [0.2, 0.25) is 0 Å². The Labute approximate surface area is 114 Å². The number of nitrogens with zero attached hydrogens (tertiary/aromatic N) is 2. The predicted molar refractivity (Wildman–Crippen MR) is 79.1 cm³/mol. The van der Waals surface area contributed by atoms with Crippen molar-refractivity contribution in [1.82, 2.24) is 15.2 Å². The summed E-state index contributed by atoms with van der Waals surface area (Å²) in [5, 5.41) is 3.66. The van der Waals surface area contributed by atoms with Crippen molar-refractivity contribution in [2.45, 2.75) is 25.4 Å². The first-order valence-electron chi connectivity index (χ1n) is 6.71. The average Bonchev–Trinajstić information content (AvgIpc) is 2.40. The molecule has 0 spiro atoms. The third-order valence-corrected chi connectivity index (χ3v) is 4.63. The number of aromatic nitrogens is 1. The number of nitrogens with one attached hydrogen (secondary N) is 1. The van der Waals surface area contributed by atoms with E-state index in [4.69, 9.17) is 0 Å². The maximum atomic E-state index is 4.09. The van der Waals surface area contributed by atoms with Gasteiger partial charge in [-0.2, -0.15) is 11.8 Å². The van der Waals surface area contributed by atoms with E-state index in [1.165, 1.54) is 23.6 Å². The van der Waals surface area contributed by atoms with Gasteiger partial charge in [0.25, 0.3) is 0 Å². The first-order valence-corrected chi connectivity index (χ1v) is 7.87. The normalized spacial score (nSPS) is 22.9. The second-order valence-corrected chi connectivity index (χ2v) is 6.00. The number of likely N-dealkylation sites (N-methyl/N-ethyl adjacent to an activating group) is 2. The maximum absolute atomic E-state index is 4.09. The van der Waals surface area contributed by atoms with Gasteiger partial charge in [0.05, 0.1) is 0 Å². The molecule has 0 amide bonds. The van der Waals surface area contributed by atoms with Gasteiger partial charge in [0.2, 0.25) is 0 Å². The zero-order valence-corrected chi connectivity index (χ0v) is 12.1. The quantitative estimate of drug-likeness (QED) is 0.876. The zero-order valence-electron chi connectivity index (χ0n) is 11.3. The van der Waals surface area contributed by atoms with Crippen LogP contribution in [-0.2, 0) is 6.42 Å². The second-order valence-electron chi connectivity index (χ2n) is 4.85. The molecule has 0 aromatic carbocycles. The summed E-state index contributed by atoms with van der Waals surface area (Å²) in [6, 6.07) is 5.42. The van der Waals surface area contributed by atoms with Crippen molar-refractivity contribution in [2.24, 2.45) is 0 Å². The van der Waals surface area contributed by atoms with Gasteiger partial charge in [-0.15, -0.1) is 0 Å². The number of rotatable bonds is 5. The molecule has 100 valence electrons. The molecular formula is C14H23N3S. The Balaban J connectivity index is 2.02. The van der Waals surface area contributed by atoms with Crippen LogP contribution in [-0.4, -0.2) is 53.6 Å². The van der Waals surface area contributed by atoms with Crippen molar-refractivity contribution in [3.8, 4) is 0 Å². The second kappa shape index (κ2) is 7.12. The van der Waals surface area contributed by atoms with Crippen molar-refractivity contribution < 1.29 is 0 Å². The van der Waals surface area contributed by atoms with Gasteiger partial charge < -0.3 is 10.2 Å². The standard InChI is InChI=1S/C14H23N3S/c1-3-16-13(10-12-4-6-15-7-5-12)14-11-18-9-8-17(14)2/h4-7,13-14,16H,3,8-11H2,1-2H3. The molecule has 2 unspecified atom stereocenters. The lowest BCUT2D eigenvalue weighted by Gasteiger charge is -2.38. The smallest absolute Gasteiger partial charge is 0.0340 e. The predicted octanol–water partition coefficient (Wildman–Crippen LogP) is 1.65. The Morgan fingerprint density at radius 1 is 1.50 bits per heavy atom. The van der Waals surface area contributed by atoms with Crippen LogP contribution in [0.4, 0.5) is 0 Å². The highest BCUT2D eigenvalue weighted by molar-refractivity contribution is 7.99. The minimum absolute atomic E-state index is 0.537. The molecule has 2 atom stereocenters. The lowest BCUT2D eigenvalue weighted by Crippen LogP contribution is -2.53. The van der Waals surface area contributed by atoms with Gasteiger partial charge in [-0.3, -0.25) is 4.98 Å². The molecule has 1 fully saturated rings. The Hall–Kier alpha value is -0.580. The van der Waals surface area contributed by atoms with E-state index in [2.05, 4.69) is 53.1 Å². The molecule has 1 aliphatic heterocycles. The molecule has 1 aromatic rings. The van der Waals surface area contributed by atoms with Crippen LogP contribution in [0, 0.1) is 0 Å². The molecule has 4 heteroatoms. The highest BCUT2D eigenvalue weighted by Gasteiger charge is 2.27. The summed E-state index contributed by atoms with van der Waals surface area (Å²) < 4.78 is 0. The summed E-state index contributed by atoms with van der Waals surface area (Å²) >= 11 is 2.08. The minimum atomic E-state index is 0.537. The van der Waals surface area contributed by atoms with Crippen LogP contribution in [0.15, 0.2) is 24.5 Å². The molecule has 0 radical (unpaired) electrons. The van der Waals surface area contributed by atoms with Crippen LogP contribution in [0.3, 0.4) is 0 Å². The molecular weight excluding hydrogens is 242 g/mol. The van der Waals surface area contributed by atoms with E-state index in [1.807, 2.05) is 12.4 Å². The number of thioether (sulfide) groups is 1. The molecule has 1 aromatic heterocycles. The van der Waals surface area contributed by atoms with Gasteiger partial charge in [-0.1, -0.05) is 6.92 Å². The molecule has 18 heavy (non-hydrogen) atoms. The Kier molecular flexibility index (Phi) is 5.47. The molecule has 1 N–H and O–H groups in total. The first-order chi connectivity index (χ1) is 8.81. The van der Waals surface area contributed by atoms with Gasteiger partial charge in [0, 0.05) is 42.5 Å². The lowest BCUT2D eigenvalue weighted by atomic mass is 10.00. The largest absolute Gasteiger partial charge is 0.312 e. The summed E-state index contributed by atoms with van der Waals surface area (Å²) in [5.74, 6) is 2.50. The summed E-state index contributed by atoms with van der Waals surface area (Å²) in [6.45, 7) is 4.42. The summed E-state index contributed by atoms with van der Waals surface area (Å²) in [4.78, 5) is 6.60. The van der Waals surface area contributed by atoms with Crippen LogP contribution in [0.25, 0.3) is 0 Å². The minimum Gasteiger partial charge on any atom is -0.312 e. The van der Waals surface area contributed by atoms with E-state index in [-0.39, 0.29) is 0 Å². The van der Waals surface area contributed by atoms with E-state index < -0.39 is 0 Å². The first kappa shape index (κ1) is 13.8. The van der Waals surface area contributed by atoms with Crippen LogP contribution in [0.1, 0.15) is 12.5 Å². The van der Waals surface area contributed by atoms with E-state index in [0.717, 1.165) is 13.0 Å². The van der Waals surface area contributed by atoms with Crippen molar-refractivity contribution in [2.75, 3.05) is 31.6 Å². The monoisotopic (exact) mass is 265 g/mol. The van der Waals surface area contributed by atoms with E-state index >= 15 is 0 Å². The average molecular weight is 265 g/mol. The third kappa shape index (κ3) is 3.70. The van der Waals surface area contributed by atoms with Crippen LogP contribution in [0.5, 0.6) is 0 Å². The fourth-order valence-electron chi connectivity index (χ4n) is 2.51. The van der Waals surface area contributed by atoms with E-state index in [0.29, 0.717) is 12.1 Å². The fourth-order valence-corrected chi connectivity index (χ4v) is 3.82. The molecule has 0 aliphatic carbocycles. The van der Waals surface area contributed by atoms with Crippen molar-refractivity contribution in [3.05, 3.63) is 30.1 Å². The van der Waals surface area contributed by atoms with Crippen LogP contribution < -0.4 is 5.32 Å². The van der Waals surface area contributed by atoms with Gasteiger partial charge in [0.15, 0.2) is 0 Å². The van der Waals surface area contributed by atoms with E-state index in [9.17, 15) is 0 Å². The highest BCUT2D eigenvalue weighted by Crippen LogP contribution is 2.19. The molecule has 1 aliphatic rings. The maximum Gasteiger partial charge on any atom is 0.0340 e. The van der Waals surface area contributed by atoms with Crippen molar-refractivity contribution in [1.29, 1.82) is 0 Å². The molecule has 3 nitrogen and oxygen atoms in total. The molecule has 1 saturated heterocycles. The Morgan fingerprint density at radius 2 is 2.28 bits per heavy atom. The van der Waals surface area contributed by atoms with Gasteiger partial charge >= 0.3 is 0 Å². The Bertz CT molecular complexity index is 344. The van der Waals surface area contributed by atoms with Crippen LogP contribution >= 0.6 is 11.8 Å². The van der Waals surface area contributed by atoms with Gasteiger partial charge in [-0.05, 0) is 37.7 Å². The van der Waals surface area contributed by atoms with Gasteiger partial charge in [0.1, 0.15) is 0 Å².